The molecular formula is C17H25N3O2S. The number of nitrogens with zero attached hydrogens (tertiary/aromatic N) is 3. The second-order valence-corrected chi connectivity index (χ2v) is 8.20. The zero-order valence-corrected chi connectivity index (χ0v) is 14.3. The molecule has 6 heteroatoms. The maximum absolute atomic E-state index is 13.2. The van der Waals surface area contributed by atoms with Crippen LogP contribution in [0.2, 0.25) is 0 Å². The van der Waals surface area contributed by atoms with E-state index in [4.69, 9.17) is 0 Å². The van der Waals surface area contributed by atoms with Gasteiger partial charge in [-0.3, -0.25) is 4.79 Å². The Morgan fingerprint density at radius 3 is 2.78 bits per heavy atom. The molecule has 2 aliphatic heterocycles. The van der Waals surface area contributed by atoms with Gasteiger partial charge in [0.1, 0.15) is 0 Å². The fourth-order valence-electron chi connectivity index (χ4n) is 4.61. The number of amides is 1. The summed E-state index contributed by atoms with van der Waals surface area (Å²) in [6.45, 7) is 2.73. The molecule has 5 nitrogen and oxygen atoms in total. The highest BCUT2D eigenvalue weighted by Gasteiger charge is 2.50. The van der Waals surface area contributed by atoms with Crippen LogP contribution in [-0.2, 0) is 4.79 Å². The first-order chi connectivity index (χ1) is 11.2. The molecule has 0 aromatic carbocycles. The minimum Gasteiger partial charge on any atom is -0.393 e. The lowest BCUT2D eigenvalue weighted by Crippen LogP contribution is -2.50. The fourth-order valence-corrected chi connectivity index (χ4v) is 5.28. The van der Waals surface area contributed by atoms with Crippen LogP contribution in [0.1, 0.15) is 44.9 Å². The van der Waals surface area contributed by atoms with E-state index in [2.05, 4.69) is 14.8 Å². The highest BCUT2D eigenvalue weighted by molar-refractivity contribution is 7.13. The van der Waals surface area contributed by atoms with E-state index in [1.54, 1.807) is 11.3 Å². The summed E-state index contributed by atoms with van der Waals surface area (Å²) < 4.78 is 0. The maximum atomic E-state index is 13.2. The molecule has 1 spiro atoms. The van der Waals surface area contributed by atoms with E-state index in [9.17, 15) is 9.90 Å². The molecule has 1 saturated carbocycles. The average molecular weight is 335 g/mol. The number of piperidine rings is 1. The Bertz CT molecular complexity index is 556. The van der Waals surface area contributed by atoms with Crippen molar-refractivity contribution in [2.45, 2.75) is 57.1 Å². The number of likely N-dealkylation sites (tertiary alicyclic amines) is 1. The molecule has 126 valence electrons. The molecule has 0 bridgehead atoms. The lowest BCUT2D eigenvalue weighted by atomic mass is 9.78. The van der Waals surface area contributed by atoms with Gasteiger partial charge in [0.15, 0.2) is 5.13 Å². The van der Waals surface area contributed by atoms with E-state index in [1.165, 1.54) is 0 Å². The monoisotopic (exact) mass is 335 g/mol. The number of rotatable bonds is 2. The first kappa shape index (κ1) is 15.4. The molecule has 2 saturated heterocycles. The second kappa shape index (κ2) is 6.06. The van der Waals surface area contributed by atoms with E-state index in [0.717, 1.165) is 69.7 Å². The van der Waals surface area contributed by atoms with Crippen molar-refractivity contribution in [3.63, 3.8) is 0 Å². The molecule has 1 aromatic rings. The molecule has 3 fully saturated rings. The number of thiazole rings is 1. The SMILES string of the molecule is O=C1N(C2CCC(O)CC2)CC[C@@]12CCCN(c1nccs1)C2. The van der Waals surface area contributed by atoms with E-state index in [1.807, 2.05) is 11.6 Å². The standard InChI is InChI=1S/C17H25N3O2S/c21-14-4-2-13(3-5-14)20-10-7-17(15(20)22)6-1-9-19(12-17)16-18-8-11-23-16/h8,11,13-14,21H,1-7,9-10,12H2/t13?,14?,17-/m1/s1. The highest BCUT2D eigenvalue weighted by atomic mass is 32.1. The Balaban J connectivity index is 1.47. The molecule has 4 rings (SSSR count). The molecule has 1 atom stereocenters. The van der Waals surface area contributed by atoms with Crippen LogP contribution in [0.4, 0.5) is 5.13 Å². The van der Waals surface area contributed by atoms with Gasteiger partial charge in [-0.2, -0.15) is 0 Å². The van der Waals surface area contributed by atoms with Gasteiger partial charge in [0.2, 0.25) is 5.91 Å². The van der Waals surface area contributed by atoms with E-state index < -0.39 is 0 Å². The molecule has 1 aromatic heterocycles. The third-order valence-corrected chi connectivity index (χ3v) is 6.75. The maximum Gasteiger partial charge on any atom is 0.230 e. The Hall–Kier alpha value is -1.14. The van der Waals surface area contributed by atoms with Crippen LogP contribution in [0, 0.1) is 5.41 Å². The van der Waals surface area contributed by atoms with Gasteiger partial charge in [-0.1, -0.05) is 0 Å². The van der Waals surface area contributed by atoms with Crippen LogP contribution in [-0.4, -0.2) is 52.7 Å². The summed E-state index contributed by atoms with van der Waals surface area (Å²) in [5.74, 6) is 0.361. The normalized spacial score (nSPS) is 35.3. The molecule has 3 aliphatic rings. The Morgan fingerprint density at radius 1 is 1.22 bits per heavy atom. The topological polar surface area (TPSA) is 56.7 Å². The van der Waals surface area contributed by atoms with Gasteiger partial charge < -0.3 is 14.9 Å². The minimum absolute atomic E-state index is 0.159. The first-order valence-electron chi connectivity index (χ1n) is 8.82. The molecule has 1 aliphatic carbocycles. The summed E-state index contributed by atoms with van der Waals surface area (Å²) in [6.07, 6.45) is 8.34. The van der Waals surface area contributed by atoms with Crippen LogP contribution in [0.5, 0.6) is 0 Å². The smallest absolute Gasteiger partial charge is 0.230 e. The summed E-state index contributed by atoms with van der Waals surface area (Å²) in [7, 11) is 0. The van der Waals surface area contributed by atoms with Gasteiger partial charge in [-0.25, -0.2) is 4.98 Å². The molecular weight excluding hydrogens is 310 g/mol. The van der Waals surface area contributed by atoms with Gasteiger partial charge >= 0.3 is 0 Å². The van der Waals surface area contributed by atoms with E-state index >= 15 is 0 Å². The van der Waals surface area contributed by atoms with Gasteiger partial charge in [-0.15, -0.1) is 11.3 Å². The average Bonchev–Trinajstić information content (AvgIpc) is 3.20. The quantitative estimate of drug-likeness (QED) is 0.901. The number of aliphatic hydroxyl groups excluding tert-OH is 1. The number of carbonyl (C=O) groups is 1. The van der Waals surface area contributed by atoms with Crippen LogP contribution < -0.4 is 4.90 Å². The molecule has 1 amide bonds. The molecule has 23 heavy (non-hydrogen) atoms. The summed E-state index contributed by atoms with van der Waals surface area (Å²) in [4.78, 5) is 22.1. The minimum atomic E-state index is -0.194. The predicted octanol–water partition coefficient (Wildman–Crippen LogP) is 2.27. The van der Waals surface area contributed by atoms with Crippen LogP contribution >= 0.6 is 11.3 Å². The molecule has 0 radical (unpaired) electrons. The Morgan fingerprint density at radius 2 is 2.04 bits per heavy atom. The fraction of sp³-hybridized carbons (Fsp3) is 0.765. The number of hydrogen-bond acceptors (Lipinski definition) is 5. The van der Waals surface area contributed by atoms with E-state index in [-0.39, 0.29) is 11.5 Å². The summed E-state index contributed by atoms with van der Waals surface area (Å²) in [6, 6.07) is 0.348. The van der Waals surface area contributed by atoms with Crippen LogP contribution in [0.25, 0.3) is 0 Å². The predicted molar refractivity (Wildman–Crippen MR) is 90.6 cm³/mol. The van der Waals surface area contributed by atoms with Crippen molar-refractivity contribution in [1.82, 2.24) is 9.88 Å². The number of hydrogen-bond donors (Lipinski definition) is 1. The third-order valence-electron chi connectivity index (χ3n) is 5.92. The van der Waals surface area contributed by atoms with Gasteiger partial charge in [0.05, 0.1) is 11.5 Å². The third kappa shape index (κ3) is 2.76. The van der Waals surface area contributed by atoms with Crippen molar-refractivity contribution >= 4 is 22.4 Å². The lowest BCUT2D eigenvalue weighted by molar-refractivity contribution is -0.139. The Kier molecular flexibility index (Phi) is 4.05. The van der Waals surface area contributed by atoms with Crippen molar-refractivity contribution in [3.05, 3.63) is 11.6 Å². The second-order valence-electron chi connectivity index (χ2n) is 7.33. The first-order valence-corrected chi connectivity index (χ1v) is 9.69. The molecule has 1 N–H and O–H groups in total. The summed E-state index contributed by atoms with van der Waals surface area (Å²) in [5, 5.41) is 12.8. The van der Waals surface area contributed by atoms with Crippen molar-refractivity contribution in [1.29, 1.82) is 0 Å². The van der Waals surface area contributed by atoms with E-state index in [0.29, 0.717) is 11.9 Å². The van der Waals surface area contributed by atoms with Crippen molar-refractivity contribution < 1.29 is 9.90 Å². The van der Waals surface area contributed by atoms with Crippen molar-refractivity contribution in [2.75, 3.05) is 24.5 Å². The van der Waals surface area contributed by atoms with Gasteiger partial charge in [0.25, 0.3) is 0 Å². The number of anilines is 1. The number of carbonyl (C=O) groups excluding carboxylic acids is 1. The van der Waals surface area contributed by atoms with Crippen LogP contribution in [0.15, 0.2) is 11.6 Å². The van der Waals surface area contributed by atoms with Gasteiger partial charge in [0, 0.05) is 37.3 Å². The van der Waals surface area contributed by atoms with Crippen LogP contribution in [0.3, 0.4) is 0 Å². The van der Waals surface area contributed by atoms with Crippen molar-refractivity contribution in [3.8, 4) is 0 Å². The van der Waals surface area contributed by atoms with Gasteiger partial charge in [-0.05, 0) is 44.9 Å². The Labute approximate surface area is 141 Å². The zero-order valence-electron chi connectivity index (χ0n) is 13.5. The summed E-state index contributed by atoms with van der Waals surface area (Å²) >= 11 is 1.66. The zero-order chi connectivity index (χ0) is 15.9. The molecule has 0 unspecified atom stereocenters. The number of aliphatic hydroxyl groups is 1. The largest absolute Gasteiger partial charge is 0.393 e. The highest BCUT2D eigenvalue weighted by Crippen LogP contribution is 2.43. The number of aromatic nitrogens is 1. The van der Waals surface area contributed by atoms with Crippen molar-refractivity contribution in [2.24, 2.45) is 5.41 Å². The lowest BCUT2D eigenvalue weighted by Gasteiger charge is -2.40. The summed E-state index contributed by atoms with van der Waals surface area (Å²) in [5.41, 5.74) is -0.194. The molecule has 3 heterocycles.